The summed E-state index contributed by atoms with van der Waals surface area (Å²) in [5.41, 5.74) is 2.55. The number of carbonyl (C=O) groups is 1. The molecule has 0 bridgehead atoms. The van der Waals surface area contributed by atoms with Gasteiger partial charge in [0, 0.05) is 35.9 Å². The van der Waals surface area contributed by atoms with Crippen LogP contribution in [0.25, 0.3) is 0 Å². The number of rotatable bonds is 4. The monoisotopic (exact) mass is 230 g/mol. The van der Waals surface area contributed by atoms with Gasteiger partial charge in [0.05, 0.1) is 0 Å². The third kappa shape index (κ3) is 4.88. The van der Waals surface area contributed by atoms with Crippen molar-refractivity contribution in [1.29, 1.82) is 0 Å². The van der Waals surface area contributed by atoms with Crippen LogP contribution in [0.15, 0.2) is 53.4 Å². The van der Waals surface area contributed by atoms with Crippen LogP contribution in [0.2, 0.25) is 0 Å². The van der Waals surface area contributed by atoms with Crippen molar-refractivity contribution < 1.29 is 9.90 Å². The molecule has 0 aliphatic carbocycles. The van der Waals surface area contributed by atoms with Gasteiger partial charge in [-0.3, -0.25) is 9.98 Å². The Labute approximate surface area is 100 Å². The molecule has 0 amide bonds. The van der Waals surface area contributed by atoms with Crippen LogP contribution < -0.4 is 0 Å². The number of nitrogens with zero attached hydrogens (tertiary/aromatic N) is 2. The zero-order valence-corrected chi connectivity index (χ0v) is 9.79. The van der Waals surface area contributed by atoms with E-state index in [1.807, 2.05) is 19.1 Å². The molecule has 88 valence electrons. The Hall–Kier alpha value is -2.23. The van der Waals surface area contributed by atoms with Gasteiger partial charge in [-0.25, -0.2) is 4.79 Å². The largest absolute Gasteiger partial charge is 0.478 e. The maximum Gasteiger partial charge on any atom is 0.328 e. The van der Waals surface area contributed by atoms with Crippen LogP contribution in [0.5, 0.6) is 0 Å². The fourth-order valence-corrected chi connectivity index (χ4v) is 1.10. The van der Waals surface area contributed by atoms with Gasteiger partial charge in [0.2, 0.25) is 0 Å². The highest BCUT2D eigenvalue weighted by Gasteiger charge is 1.94. The minimum absolute atomic E-state index is 0.774. The predicted octanol–water partition coefficient (Wildman–Crippen LogP) is 2.44. The van der Waals surface area contributed by atoms with Crippen LogP contribution in [-0.2, 0) is 4.79 Å². The third-order valence-electron chi connectivity index (χ3n) is 2.03. The molecule has 0 unspecified atom stereocenters. The first-order valence-corrected chi connectivity index (χ1v) is 5.12. The molecule has 0 aliphatic rings. The number of aliphatic imine (C=N–C) groups is 1. The summed E-state index contributed by atoms with van der Waals surface area (Å²) in [7, 11) is 0. The Balaban J connectivity index is 2.77. The summed E-state index contributed by atoms with van der Waals surface area (Å²) in [5, 5.41) is 8.46. The van der Waals surface area contributed by atoms with Gasteiger partial charge in [-0.1, -0.05) is 12.1 Å². The van der Waals surface area contributed by atoms with Crippen molar-refractivity contribution >= 4 is 11.7 Å². The average Bonchev–Trinajstić information content (AvgIpc) is 2.34. The van der Waals surface area contributed by atoms with Crippen LogP contribution in [0, 0.1) is 0 Å². The normalized spacial score (nSPS) is 13.1. The summed E-state index contributed by atoms with van der Waals surface area (Å²) in [6.07, 6.45) is 7.65. The van der Waals surface area contributed by atoms with Crippen LogP contribution in [-0.4, -0.2) is 21.8 Å². The number of carboxylic acid groups (broad SMARTS) is 1. The van der Waals surface area contributed by atoms with E-state index < -0.39 is 5.97 Å². The summed E-state index contributed by atoms with van der Waals surface area (Å²) in [4.78, 5) is 18.5. The first-order chi connectivity index (χ1) is 8.09. The molecule has 0 spiro atoms. The van der Waals surface area contributed by atoms with Gasteiger partial charge in [-0.2, -0.15) is 0 Å². The van der Waals surface area contributed by atoms with E-state index in [4.69, 9.17) is 5.11 Å². The zero-order valence-electron chi connectivity index (χ0n) is 9.79. The van der Waals surface area contributed by atoms with Crippen LogP contribution in [0.4, 0.5) is 0 Å². The second kappa shape index (κ2) is 6.37. The van der Waals surface area contributed by atoms with Crippen LogP contribution in [0.1, 0.15) is 19.4 Å². The fraction of sp³-hybridized carbons (Fsp3) is 0.154. The molecule has 1 N–H and O–H groups in total. The molecule has 1 heterocycles. The summed E-state index contributed by atoms with van der Waals surface area (Å²) < 4.78 is 0. The Bertz CT molecular complexity index is 473. The Morgan fingerprint density at radius 1 is 1.41 bits per heavy atom. The molecule has 0 saturated carbocycles. The van der Waals surface area contributed by atoms with Crippen molar-refractivity contribution in [2.24, 2.45) is 4.99 Å². The molecule has 0 aromatic carbocycles. The minimum Gasteiger partial charge on any atom is -0.478 e. The first-order valence-electron chi connectivity index (χ1n) is 5.12. The maximum absolute atomic E-state index is 10.3. The number of pyridine rings is 1. The lowest BCUT2D eigenvalue weighted by atomic mass is 10.2. The molecule has 0 atom stereocenters. The van der Waals surface area contributed by atoms with Gasteiger partial charge in [0.25, 0.3) is 0 Å². The molecule has 4 nitrogen and oxygen atoms in total. The zero-order chi connectivity index (χ0) is 12.7. The van der Waals surface area contributed by atoms with Gasteiger partial charge >= 0.3 is 5.97 Å². The van der Waals surface area contributed by atoms with Crippen LogP contribution >= 0.6 is 0 Å². The molecule has 0 radical (unpaired) electrons. The molecular formula is C13H14N2O2. The van der Waals surface area contributed by atoms with E-state index in [1.54, 1.807) is 25.5 Å². The lowest BCUT2D eigenvalue weighted by molar-refractivity contribution is -0.131. The Morgan fingerprint density at radius 2 is 2.18 bits per heavy atom. The van der Waals surface area contributed by atoms with E-state index in [1.165, 1.54) is 6.08 Å². The molecule has 17 heavy (non-hydrogen) atoms. The van der Waals surface area contributed by atoms with Crippen molar-refractivity contribution in [1.82, 2.24) is 4.98 Å². The summed E-state index contributed by atoms with van der Waals surface area (Å²) >= 11 is 0. The summed E-state index contributed by atoms with van der Waals surface area (Å²) in [5.74, 6) is -0.967. The van der Waals surface area contributed by atoms with Crippen molar-refractivity contribution in [3.05, 3.63) is 54.0 Å². The highest BCUT2D eigenvalue weighted by atomic mass is 16.4. The molecular weight excluding hydrogens is 216 g/mol. The molecule has 1 aromatic heterocycles. The molecule has 0 aliphatic heterocycles. The highest BCUT2D eigenvalue weighted by molar-refractivity contribution is 5.98. The topological polar surface area (TPSA) is 62.5 Å². The molecule has 1 rings (SSSR count). The number of allylic oxidation sites excluding steroid dienone is 2. The van der Waals surface area contributed by atoms with E-state index in [9.17, 15) is 4.79 Å². The van der Waals surface area contributed by atoms with E-state index in [0.29, 0.717) is 0 Å². The number of aliphatic carboxylic acids is 1. The van der Waals surface area contributed by atoms with Gasteiger partial charge < -0.3 is 5.11 Å². The van der Waals surface area contributed by atoms with Gasteiger partial charge in [0.1, 0.15) is 0 Å². The number of hydrogen-bond donors (Lipinski definition) is 1. The van der Waals surface area contributed by atoms with Crippen molar-refractivity contribution in [3.8, 4) is 0 Å². The predicted molar refractivity (Wildman–Crippen MR) is 67.0 cm³/mol. The van der Waals surface area contributed by atoms with E-state index in [0.717, 1.165) is 22.9 Å². The molecule has 1 aromatic rings. The highest BCUT2D eigenvalue weighted by Crippen LogP contribution is 2.01. The van der Waals surface area contributed by atoms with E-state index in [-0.39, 0.29) is 0 Å². The minimum atomic E-state index is -0.967. The SMILES string of the molecule is CC(=N/C=C(C)/C=C/C(=O)O)c1cccnc1. The van der Waals surface area contributed by atoms with Crippen molar-refractivity contribution in [2.45, 2.75) is 13.8 Å². The molecule has 4 heteroatoms. The van der Waals surface area contributed by atoms with Gasteiger partial charge in [-0.05, 0) is 25.5 Å². The standard InChI is InChI=1S/C13H14N2O2/c1-10(5-6-13(16)17)8-15-11(2)12-4-3-7-14-9-12/h3-9H,1-2H3,(H,16,17)/b6-5+,10-8+,15-11?. The Morgan fingerprint density at radius 3 is 2.76 bits per heavy atom. The maximum atomic E-state index is 10.3. The fourth-order valence-electron chi connectivity index (χ4n) is 1.10. The van der Waals surface area contributed by atoms with E-state index >= 15 is 0 Å². The van der Waals surface area contributed by atoms with Crippen LogP contribution in [0.3, 0.4) is 0 Å². The number of carboxylic acids is 1. The van der Waals surface area contributed by atoms with Gasteiger partial charge in [0.15, 0.2) is 0 Å². The molecule has 0 fully saturated rings. The molecule has 0 saturated heterocycles. The second-order valence-corrected chi connectivity index (χ2v) is 3.50. The summed E-state index contributed by atoms with van der Waals surface area (Å²) in [6.45, 7) is 3.67. The smallest absolute Gasteiger partial charge is 0.328 e. The lowest BCUT2D eigenvalue weighted by Gasteiger charge is -1.97. The van der Waals surface area contributed by atoms with E-state index in [2.05, 4.69) is 9.98 Å². The average molecular weight is 230 g/mol. The number of aromatic nitrogens is 1. The van der Waals surface area contributed by atoms with Crippen molar-refractivity contribution in [3.63, 3.8) is 0 Å². The van der Waals surface area contributed by atoms with Gasteiger partial charge in [-0.15, -0.1) is 0 Å². The lowest BCUT2D eigenvalue weighted by Crippen LogP contribution is -1.93. The number of hydrogen-bond acceptors (Lipinski definition) is 3. The first kappa shape index (κ1) is 12.8. The Kier molecular flexibility index (Phi) is 4.81. The summed E-state index contributed by atoms with van der Waals surface area (Å²) in [6, 6.07) is 3.76. The quantitative estimate of drug-likeness (QED) is 0.491. The third-order valence-corrected chi connectivity index (χ3v) is 2.03. The van der Waals surface area contributed by atoms with Crippen molar-refractivity contribution in [2.75, 3.05) is 0 Å². The second-order valence-electron chi connectivity index (χ2n) is 3.50.